The first-order valence-electron chi connectivity index (χ1n) is 9.57. The summed E-state index contributed by atoms with van der Waals surface area (Å²) in [6.07, 6.45) is 2.57. The van der Waals surface area contributed by atoms with Crippen LogP contribution >= 0.6 is 27.3 Å². The third-order valence-corrected chi connectivity index (χ3v) is 6.42. The molecular formula is C21H22BrNO6S. The Labute approximate surface area is 186 Å². The van der Waals surface area contributed by atoms with Crippen LogP contribution in [0.1, 0.15) is 51.4 Å². The summed E-state index contributed by atoms with van der Waals surface area (Å²) in [5, 5.41) is 12.9. The average molecular weight is 496 g/mol. The Morgan fingerprint density at radius 1 is 1.27 bits per heavy atom. The van der Waals surface area contributed by atoms with Crippen molar-refractivity contribution in [3.8, 4) is 5.75 Å². The molecule has 1 heterocycles. The van der Waals surface area contributed by atoms with E-state index in [4.69, 9.17) is 9.47 Å². The third-order valence-electron chi connectivity index (χ3n) is 4.76. The molecule has 1 atom stereocenters. The van der Waals surface area contributed by atoms with Gasteiger partial charge < -0.3 is 19.9 Å². The van der Waals surface area contributed by atoms with Crippen LogP contribution in [0.15, 0.2) is 22.7 Å². The van der Waals surface area contributed by atoms with Gasteiger partial charge in [-0.25, -0.2) is 9.59 Å². The second kappa shape index (κ2) is 9.61. The highest BCUT2D eigenvalue weighted by Crippen LogP contribution is 2.40. The zero-order chi connectivity index (χ0) is 21.8. The van der Waals surface area contributed by atoms with Crippen molar-refractivity contribution in [3.05, 3.63) is 44.2 Å². The van der Waals surface area contributed by atoms with Gasteiger partial charge in [-0.2, -0.15) is 0 Å². The number of aromatic hydroxyl groups is 1. The predicted molar refractivity (Wildman–Crippen MR) is 116 cm³/mol. The van der Waals surface area contributed by atoms with E-state index in [1.165, 1.54) is 23.5 Å². The molecule has 0 saturated heterocycles. The summed E-state index contributed by atoms with van der Waals surface area (Å²) in [7, 11) is 0. The summed E-state index contributed by atoms with van der Waals surface area (Å²) in [5.41, 5.74) is 1.28. The molecule has 7 nitrogen and oxygen atoms in total. The molecule has 160 valence electrons. The van der Waals surface area contributed by atoms with Gasteiger partial charge in [0, 0.05) is 9.35 Å². The number of phenolic OH excluding ortho intramolecular Hbond substituents is 1. The van der Waals surface area contributed by atoms with Crippen LogP contribution in [0.5, 0.6) is 5.75 Å². The number of carbonyl (C=O) groups excluding carboxylic acids is 3. The van der Waals surface area contributed by atoms with Gasteiger partial charge in [0.15, 0.2) is 6.61 Å². The number of amides is 1. The number of hydrogen-bond donors (Lipinski definition) is 2. The van der Waals surface area contributed by atoms with Crippen LogP contribution < -0.4 is 5.32 Å². The normalized spacial score (nSPS) is 15.2. The molecule has 1 amide bonds. The van der Waals surface area contributed by atoms with Gasteiger partial charge in [0.05, 0.1) is 12.2 Å². The van der Waals surface area contributed by atoms with Crippen LogP contribution in [-0.2, 0) is 27.1 Å². The molecule has 0 bridgehead atoms. The summed E-state index contributed by atoms with van der Waals surface area (Å²) in [5.74, 6) is -1.60. The lowest BCUT2D eigenvalue weighted by atomic mass is 9.88. The van der Waals surface area contributed by atoms with E-state index in [0.29, 0.717) is 21.0 Å². The highest BCUT2D eigenvalue weighted by atomic mass is 79.9. The Morgan fingerprint density at radius 2 is 2.03 bits per heavy atom. The lowest BCUT2D eigenvalue weighted by Gasteiger charge is -2.18. The number of halogens is 1. The molecule has 1 aromatic carbocycles. The van der Waals surface area contributed by atoms with Gasteiger partial charge in [0.25, 0.3) is 5.91 Å². The number of anilines is 1. The van der Waals surface area contributed by atoms with Crippen molar-refractivity contribution in [2.75, 3.05) is 18.5 Å². The second-order valence-electron chi connectivity index (χ2n) is 7.06. The molecule has 1 aliphatic rings. The van der Waals surface area contributed by atoms with E-state index in [0.717, 1.165) is 29.7 Å². The lowest BCUT2D eigenvalue weighted by molar-refractivity contribution is -0.119. The maximum atomic E-state index is 12.5. The predicted octanol–water partition coefficient (Wildman–Crippen LogP) is 4.31. The van der Waals surface area contributed by atoms with Gasteiger partial charge in [-0.3, -0.25) is 4.79 Å². The largest absolute Gasteiger partial charge is 0.507 e. The van der Waals surface area contributed by atoms with E-state index in [1.807, 2.05) is 0 Å². The first kappa shape index (κ1) is 22.3. The summed E-state index contributed by atoms with van der Waals surface area (Å²) in [6.45, 7) is 3.57. The standard InChI is InChI=1S/C21H22BrNO6S/c1-3-28-21(27)18-13-6-4-11(2)8-16(13)30-19(18)23-17(25)10-29-20(26)14-9-12(22)5-7-15(14)24/h5,7,9,11,24H,3-4,6,8,10H2,1-2H3,(H,23,25). The Bertz CT molecular complexity index is 986. The number of hydrogen-bond acceptors (Lipinski definition) is 7. The van der Waals surface area contributed by atoms with Gasteiger partial charge in [-0.1, -0.05) is 22.9 Å². The van der Waals surface area contributed by atoms with E-state index in [1.54, 1.807) is 13.0 Å². The van der Waals surface area contributed by atoms with Crippen LogP contribution in [0.25, 0.3) is 0 Å². The SMILES string of the molecule is CCOC(=O)c1c(NC(=O)COC(=O)c2cc(Br)ccc2O)sc2c1CCC(C)C2. The summed E-state index contributed by atoms with van der Waals surface area (Å²) >= 11 is 4.58. The first-order chi connectivity index (χ1) is 14.3. The number of benzene rings is 1. The fraction of sp³-hybridized carbons (Fsp3) is 0.381. The molecule has 3 rings (SSSR count). The van der Waals surface area contributed by atoms with E-state index >= 15 is 0 Å². The van der Waals surface area contributed by atoms with Crippen LogP contribution in [0.2, 0.25) is 0 Å². The topological polar surface area (TPSA) is 102 Å². The second-order valence-corrected chi connectivity index (χ2v) is 9.08. The number of esters is 2. The van der Waals surface area contributed by atoms with Gasteiger partial charge in [0.2, 0.25) is 0 Å². The van der Waals surface area contributed by atoms with Crippen LogP contribution in [0.4, 0.5) is 5.00 Å². The molecular weight excluding hydrogens is 474 g/mol. The minimum atomic E-state index is -0.825. The summed E-state index contributed by atoms with van der Waals surface area (Å²) in [4.78, 5) is 38.2. The maximum absolute atomic E-state index is 12.5. The Kier molecular flexibility index (Phi) is 7.14. The molecule has 2 N–H and O–H groups in total. The zero-order valence-corrected chi connectivity index (χ0v) is 19.0. The monoisotopic (exact) mass is 495 g/mol. The third kappa shape index (κ3) is 5.02. The molecule has 0 fully saturated rings. The number of carbonyl (C=O) groups is 3. The minimum Gasteiger partial charge on any atom is -0.507 e. The van der Waals surface area contributed by atoms with E-state index in [-0.39, 0.29) is 17.9 Å². The first-order valence-corrected chi connectivity index (χ1v) is 11.2. The van der Waals surface area contributed by atoms with Gasteiger partial charge >= 0.3 is 11.9 Å². The van der Waals surface area contributed by atoms with Crippen molar-refractivity contribution in [1.29, 1.82) is 0 Å². The number of nitrogens with one attached hydrogen (secondary N) is 1. The minimum absolute atomic E-state index is 0.0510. The van der Waals surface area contributed by atoms with Crippen LogP contribution in [-0.4, -0.2) is 36.2 Å². The zero-order valence-electron chi connectivity index (χ0n) is 16.6. The Balaban J connectivity index is 1.72. The molecule has 1 aromatic heterocycles. The highest BCUT2D eigenvalue weighted by molar-refractivity contribution is 9.10. The van der Waals surface area contributed by atoms with E-state index < -0.39 is 24.5 Å². The van der Waals surface area contributed by atoms with Crippen molar-refractivity contribution in [1.82, 2.24) is 0 Å². The molecule has 9 heteroatoms. The fourth-order valence-electron chi connectivity index (χ4n) is 3.30. The van der Waals surface area contributed by atoms with Crippen molar-refractivity contribution >= 4 is 50.1 Å². The van der Waals surface area contributed by atoms with Crippen molar-refractivity contribution in [2.24, 2.45) is 5.92 Å². The smallest absolute Gasteiger partial charge is 0.342 e. The highest BCUT2D eigenvalue weighted by Gasteiger charge is 2.29. The molecule has 2 aromatic rings. The number of thiophene rings is 1. The van der Waals surface area contributed by atoms with Gasteiger partial charge in [0.1, 0.15) is 16.3 Å². The molecule has 0 saturated carbocycles. The quantitative estimate of drug-likeness (QED) is 0.578. The van der Waals surface area contributed by atoms with Crippen molar-refractivity contribution < 1.29 is 29.0 Å². The molecule has 0 radical (unpaired) electrons. The molecule has 1 unspecified atom stereocenters. The van der Waals surface area contributed by atoms with Gasteiger partial charge in [-0.05, 0) is 55.9 Å². The Hall–Kier alpha value is -2.39. The number of rotatable bonds is 6. The molecule has 0 spiro atoms. The van der Waals surface area contributed by atoms with Crippen LogP contribution in [0.3, 0.4) is 0 Å². The summed E-state index contributed by atoms with van der Waals surface area (Å²) in [6, 6.07) is 4.33. The molecule has 0 aliphatic heterocycles. The van der Waals surface area contributed by atoms with Crippen molar-refractivity contribution in [2.45, 2.75) is 33.1 Å². The fourth-order valence-corrected chi connectivity index (χ4v) is 5.08. The van der Waals surface area contributed by atoms with E-state index in [9.17, 15) is 19.5 Å². The number of phenols is 1. The molecule has 1 aliphatic carbocycles. The lowest BCUT2D eigenvalue weighted by Crippen LogP contribution is -2.22. The van der Waals surface area contributed by atoms with E-state index in [2.05, 4.69) is 28.2 Å². The average Bonchev–Trinajstić information content (AvgIpc) is 3.04. The summed E-state index contributed by atoms with van der Waals surface area (Å²) < 4.78 is 10.8. The molecule has 30 heavy (non-hydrogen) atoms. The number of fused-ring (bicyclic) bond motifs is 1. The number of ether oxygens (including phenoxy) is 2. The maximum Gasteiger partial charge on any atom is 0.342 e. The van der Waals surface area contributed by atoms with Crippen molar-refractivity contribution in [3.63, 3.8) is 0 Å². The van der Waals surface area contributed by atoms with Crippen LogP contribution in [0, 0.1) is 5.92 Å². The van der Waals surface area contributed by atoms with Gasteiger partial charge in [-0.15, -0.1) is 11.3 Å². The Morgan fingerprint density at radius 3 is 2.77 bits per heavy atom.